The lowest BCUT2D eigenvalue weighted by atomic mass is 10.0. The van der Waals surface area contributed by atoms with Crippen molar-refractivity contribution >= 4 is 25.7 Å². The van der Waals surface area contributed by atoms with Crippen LogP contribution >= 0.6 is 7.82 Å². The molecule has 0 spiro atoms. The van der Waals surface area contributed by atoms with Crippen LogP contribution in [-0.2, 0) is 32.7 Å². The Morgan fingerprint density at radius 1 is 0.574 bits per heavy atom. The number of allylic oxidation sites excluding steroid dienone is 2. The SMILES string of the molecule is CCCCCCCC/C=C/CCCCCCCCCCCCCCCC(=O)NC(COP(=O)(O)OCC(O)COC(=O)CCCCCCCCC)C(=O)O. The number of amides is 1. The predicted octanol–water partition coefficient (Wildman–Crippen LogP) is 10.9. The molecule has 0 aliphatic rings. The van der Waals surface area contributed by atoms with Gasteiger partial charge in [-0.05, 0) is 38.5 Å². The van der Waals surface area contributed by atoms with Gasteiger partial charge in [-0.25, -0.2) is 9.36 Å². The zero-order chi connectivity index (χ0) is 40.0. The number of carbonyl (C=O) groups is 3. The zero-order valence-corrected chi connectivity index (χ0v) is 35.2. The average molecular weight is 790 g/mol. The summed E-state index contributed by atoms with van der Waals surface area (Å²) in [4.78, 5) is 45.7. The van der Waals surface area contributed by atoms with Crippen LogP contribution in [0.1, 0.15) is 206 Å². The van der Waals surface area contributed by atoms with Crippen LogP contribution in [0.15, 0.2) is 12.2 Å². The maximum absolute atomic E-state index is 12.3. The number of rotatable bonds is 41. The van der Waals surface area contributed by atoms with Crippen LogP contribution in [0.25, 0.3) is 0 Å². The lowest BCUT2D eigenvalue weighted by Gasteiger charge is -2.18. The number of phosphoric acid groups is 1. The molecule has 3 atom stereocenters. The minimum absolute atomic E-state index is 0.149. The average Bonchev–Trinajstić information content (AvgIpc) is 3.14. The monoisotopic (exact) mass is 790 g/mol. The van der Waals surface area contributed by atoms with Gasteiger partial charge in [0.05, 0.1) is 13.2 Å². The van der Waals surface area contributed by atoms with Crippen molar-refractivity contribution in [2.75, 3.05) is 19.8 Å². The molecule has 0 aromatic rings. The van der Waals surface area contributed by atoms with Gasteiger partial charge in [-0.3, -0.25) is 18.6 Å². The fourth-order valence-electron chi connectivity index (χ4n) is 6.13. The molecule has 0 aliphatic heterocycles. The number of aliphatic hydroxyl groups is 1. The molecule has 0 radical (unpaired) electrons. The molecule has 4 N–H and O–H groups in total. The molecule has 0 bridgehead atoms. The van der Waals surface area contributed by atoms with Crippen LogP contribution in [0.3, 0.4) is 0 Å². The molecule has 0 fully saturated rings. The Kier molecular flexibility index (Phi) is 36.9. The van der Waals surface area contributed by atoms with E-state index < -0.39 is 57.6 Å². The maximum Gasteiger partial charge on any atom is 0.472 e. The Morgan fingerprint density at radius 2 is 0.963 bits per heavy atom. The van der Waals surface area contributed by atoms with E-state index in [-0.39, 0.29) is 12.8 Å². The molecule has 0 aliphatic carbocycles. The number of nitrogens with one attached hydrogen (secondary N) is 1. The number of aliphatic hydroxyl groups excluding tert-OH is 1. The summed E-state index contributed by atoms with van der Waals surface area (Å²) >= 11 is 0. The van der Waals surface area contributed by atoms with Crippen molar-refractivity contribution in [2.24, 2.45) is 0 Å². The van der Waals surface area contributed by atoms with Crippen LogP contribution < -0.4 is 5.32 Å². The highest BCUT2D eigenvalue weighted by molar-refractivity contribution is 7.47. The van der Waals surface area contributed by atoms with Crippen LogP contribution in [0.2, 0.25) is 0 Å². The molecule has 0 rings (SSSR count). The Labute approximate surface area is 328 Å². The van der Waals surface area contributed by atoms with E-state index in [0.29, 0.717) is 12.8 Å². The van der Waals surface area contributed by atoms with Crippen molar-refractivity contribution < 1.29 is 47.8 Å². The summed E-state index contributed by atoms with van der Waals surface area (Å²) in [5.74, 6) is -2.37. The molecule has 0 saturated carbocycles. The summed E-state index contributed by atoms with van der Waals surface area (Å²) < 4.78 is 26.7. The first-order valence-corrected chi connectivity index (χ1v) is 23.2. The Balaban J connectivity index is 3.81. The lowest BCUT2D eigenvalue weighted by Crippen LogP contribution is -2.43. The first-order chi connectivity index (χ1) is 26.1. The smallest absolute Gasteiger partial charge is 0.472 e. The minimum Gasteiger partial charge on any atom is -0.480 e. The van der Waals surface area contributed by atoms with Gasteiger partial charge in [0, 0.05) is 12.8 Å². The Hall–Kier alpha value is -1.78. The first kappa shape index (κ1) is 52.2. The van der Waals surface area contributed by atoms with E-state index in [4.69, 9.17) is 13.8 Å². The van der Waals surface area contributed by atoms with Gasteiger partial charge in [0.15, 0.2) is 6.04 Å². The third-order valence-electron chi connectivity index (χ3n) is 9.55. The molecule has 318 valence electrons. The third-order valence-corrected chi connectivity index (χ3v) is 10.5. The van der Waals surface area contributed by atoms with Gasteiger partial charge in [-0.2, -0.15) is 0 Å². The van der Waals surface area contributed by atoms with Crippen molar-refractivity contribution in [1.82, 2.24) is 5.32 Å². The standard InChI is InChI=1S/C42H80NO10P/c1-3-5-7-9-11-12-13-14-15-16-17-18-19-20-21-22-23-24-25-26-28-29-31-33-40(45)43-39(42(47)48)37-53-54(49,50)52-36-38(44)35-51-41(46)34-32-30-27-10-8-6-4-2/h14-15,38-39,44H,3-13,16-37H2,1-2H3,(H,43,45)(H,47,48)(H,49,50)/b15-14+. The molecule has 0 heterocycles. The van der Waals surface area contributed by atoms with Gasteiger partial charge in [0.25, 0.3) is 0 Å². The van der Waals surface area contributed by atoms with Gasteiger partial charge < -0.3 is 25.2 Å². The Morgan fingerprint density at radius 3 is 1.41 bits per heavy atom. The van der Waals surface area contributed by atoms with Gasteiger partial charge in [0.1, 0.15) is 12.7 Å². The van der Waals surface area contributed by atoms with Crippen molar-refractivity contribution in [3.05, 3.63) is 12.2 Å². The van der Waals surface area contributed by atoms with Crippen LogP contribution in [0.4, 0.5) is 0 Å². The van der Waals surface area contributed by atoms with Gasteiger partial charge in [-0.15, -0.1) is 0 Å². The summed E-state index contributed by atoms with van der Waals surface area (Å²) in [6.07, 6.45) is 37.0. The number of carboxylic acid groups (broad SMARTS) is 1. The van der Waals surface area contributed by atoms with Crippen LogP contribution in [-0.4, -0.2) is 64.9 Å². The summed E-state index contributed by atoms with van der Waals surface area (Å²) in [5.41, 5.74) is 0. The quantitative estimate of drug-likeness (QED) is 0.0202. The second-order valence-corrected chi connectivity index (χ2v) is 16.3. The largest absolute Gasteiger partial charge is 0.480 e. The van der Waals surface area contributed by atoms with Crippen molar-refractivity contribution in [3.63, 3.8) is 0 Å². The van der Waals surface area contributed by atoms with Gasteiger partial charge in [-0.1, -0.05) is 167 Å². The van der Waals surface area contributed by atoms with E-state index in [0.717, 1.165) is 38.5 Å². The molecule has 0 saturated heterocycles. The van der Waals surface area contributed by atoms with E-state index in [1.165, 1.54) is 128 Å². The molecule has 3 unspecified atom stereocenters. The van der Waals surface area contributed by atoms with Gasteiger partial charge >= 0.3 is 19.8 Å². The highest BCUT2D eigenvalue weighted by atomic mass is 31.2. The normalized spacial score (nSPS) is 13.9. The number of hydrogen-bond acceptors (Lipinski definition) is 8. The fraction of sp³-hybridized carbons (Fsp3) is 0.881. The van der Waals surface area contributed by atoms with E-state index in [9.17, 15) is 34.1 Å². The zero-order valence-electron chi connectivity index (χ0n) is 34.3. The molecule has 1 amide bonds. The summed E-state index contributed by atoms with van der Waals surface area (Å²) in [6, 6.07) is -1.54. The molecular weight excluding hydrogens is 709 g/mol. The number of esters is 1. The van der Waals surface area contributed by atoms with Gasteiger partial charge in [0.2, 0.25) is 5.91 Å². The van der Waals surface area contributed by atoms with E-state index in [1.54, 1.807) is 0 Å². The molecule has 0 aromatic carbocycles. The second kappa shape index (κ2) is 38.1. The highest BCUT2D eigenvalue weighted by Gasteiger charge is 2.28. The van der Waals surface area contributed by atoms with E-state index >= 15 is 0 Å². The molecule has 11 nitrogen and oxygen atoms in total. The fourth-order valence-corrected chi connectivity index (χ4v) is 6.91. The topological polar surface area (TPSA) is 169 Å². The Bertz CT molecular complexity index is 979. The molecule has 54 heavy (non-hydrogen) atoms. The predicted molar refractivity (Wildman–Crippen MR) is 217 cm³/mol. The first-order valence-electron chi connectivity index (χ1n) is 21.7. The highest BCUT2D eigenvalue weighted by Crippen LogP contribution is 2.43. The maximum atomic E-state index is 12.3. The van der Waals surface area contributed by atoms with Crippen LogP contribution in [0.5, 0.6) is 0 Å². The van der Waals surface area contributed by atoms with E-state index in [1.807, 2.05) is 0 Å². The molecular formula is C42H80NO10P. The summed E-state index contributed by atoms with van der Waals surface area (Å²) in [5, 5.41) is 21.7. The number of unbranched alkanes of at least 4 members (excludes halogenated alkanes) is 25. The summed E-state index contributed by atoms with van der Waals surface area (Å²) in [6.45, 7) is 2.54. The summed E-state index contributed by atoms with van der Waals surface area (Å²) in [7, 11) is -4.74. The van der Waals surface area contributed by atoms with Crippen molar-refractivity contribution in [2.45, 2.75) is 219 Å². The van der Waals surface area contributed by atoms with Crippen molar-refractivity contribution in [3.8, 4) is 0 Å². The number of phosphoric ester groups is 1. The third kappa shape index (κ3) is 37.2. The number of hydrogen-bond donors (Lipinski definition) is 4. The number of aliphatic carboxylic acids is 1. The van der Waals surface area contributed by atoms with Crippen LogP contribution in [0, 0.1) is 0 Å². The lowest BCUT2D eigenvalue weighted by molar-refractivity contribution is -0.147. The number of carboxylic acids is 1. The second-order valence-electron chi connectivity index (χ2n) is 14.9. The minimum atomic E-state index is -4.74. The van der Waals surface area contributed by atoms with Crippen molar-refractivity contribution in [1.29, 1.82) is 0 Å². The molecule has 12 heteroatoms. The number of ether oxygens (including phenoxy) is 1. The molecule has 0 aromatic heterocycles. The van der Waals surface area contributed by atoms with E-state index in [2.05, 4.69) is 31.3 Å². The number of carbonyl (C=O) groups excluding carboxylic acids is 2.